The first-order valence-corrected chi connectivity index (χ1v) is 9.76. The number of hydrogen-bond acceptors (Lipinski definition) is 5. The molecule has 0 aromatic heterocycles. The molecule has 2 aromatic rings. The van der Waals surface area contributed by atoms with Crippen LogP contribution in [0.2, 0.25) is 0 Å². The van der Waals surface area contributed by atoms with Crippen molar-refractivity contribution in [3.8, 4) is 5.75 Å². The van der Waals surface area contributed by atoms with E-state index in [2.05, 4.69) is 5.32 Å². The number of halogens is 1. The Morgan fingerprint density at radius 1 is 1.13 bits per heavy atom. The fourth-order valence-electron chi connectivity index (χ4n) is 3.28. The summed E-state index contributed by atoms with van der Waals surface area (Å²) in [4.78, 5) is 38.4. The van der Waals surface area contributed by atoms with Crippen LogP contribution in [0.3, 0.4) is 0 Å². The third kappa shape index (κ3) is 4.59. The van der Waals surface area contributed by atoms with E-state index in [-0.39, 0.29) is 24.8 Å². The van der Waals surface area contributed by atoms with Crippen LogP contribution in [0.5, 0.6) is 5.75 Å². The minimum atomic E-state index is -1.03. The summed E-state index contributed by atoms with van der Waals surface area (Å²) in [6, 6.07) is 13.2. The summed E-state index contributed by atoms with van der Waals surface area (Å²) in [7, 11) is 0. The summed E-state index contributed by atoms with van der Waals surface area (Å²) in [5, 5.41) is 2.67. The van der Waals surface area contributed by atoms with Crippen molar-refractivity contribution in [1.82, 2.24) is 4.90 Å². The Kier molecular flexibility index (Phi) is 5.65. The zero-order chi connectivity index (χ0) is 21.1. The zero-order valence-corrected chi connectivity index (χ0v) is 16.2. The number of para-hydroxylation sites is 2. The molecule has 0 radical (unpaired) electrons. The average Bonchev–Trinajstić information content (AvgIpc) is 3.57. The van der Waals surface area contributed by atoms with Crippen LogP contribution in [-0.2, 0) is 25.7 Å². The highest BCUT2D eigenvalue weighted by atomic mass is 19.1. The fourth-order valence-corrected chi connectivity index (χ4v) is 3.28. The van der Waals surface area contributed by atoms with E-state index in [1.807, 2.05) is 0 Å². The van der Waals surface area contributed by atoms with Crippen LogP contribution in [0.1, 0.15) is 24.8 Å². The Bertz CT molecular complexity index is 976. The van der Waals surface area contributed by atoms with Crippen LogP contribution in [0.4, 0.5) is 10.1 Å². The molecule has 2 amide bonds. The van der Waals surface area contributed by atoms with Crippen molar-refractivity contribution in [3.05, 3.63) is 59.9 Å². The highest BCUT2D eigenvalue weighted by Crippen LogP contribution is 2.30. The van der Waals surface area contributed by atoms with E-state index in [1.165, 1.54) is 11.0 Å². The number of anilines is 1. The number of fused-ring (bicyclic) bond motifs is 1. The minimum absolute atomic E-state index is 0.0276. The van der Waals surface area contributed by atoms with Crippen LogP contribution in [0.15, 0.2) is 48.5 Å². The molecule has 1 aliphatic heterocycles. The van der Waals surface area contributed by atoms with Gasteiger partial charge in [0.25, 0.3) is 11.8 Å². The van der Waals surface area contributed by atoms with E-state index in [0.29, 0.717) is 17.0 Å². The number of rotatable bonds is 7. The quantitative estimate of drug-likeness (QED) is 0.707. The van der Waals surface area contributed by atoms with Crippen molar-refractivity contribution in [3.63, 3.8) is 0 Å². The van der Waals surface area contributed by atoms with Gasteiger partial charge in [-0.25, -0.2) is 4.39 Å². The minimum Gasteiger partial charge on any atom is -0.478 e. The molecule has 2 aliphatic rings. The number of benzene rings is 2. The Morgan fingerprint density at radius 2 is 1.87 bits per heavy atom. The third-order valence-electron chi connectivity index (χ3n) is 5.02. The number of amides is 2. The molecule has 4 rings (SSSR count). The maximum atomic E-state index is 13.9. The first-order valence-electron chi connectivity index (χ1n) is 9.76. The number of hydrogen-bond donors (Lipinski definition) is 1. The van der Waals surface area contributed by atoms with Gasteiger partial charge in [-0.2, -0.15) is 0 Å². The second-order valence-electron chi connectivity index (χ2n) is 7.30. The summed E-state index contributed by atoms with van der Waals surface area (Å²) < 4.78 is 24.6. The standard InChI is InChI=1S/C22H21FN2O5/c23-16-6-2-1-5-14(16)12-25(15-9-10-15)20(26)13-29-21(27)11-19-22(28)24-17-7-3-4-8-18(17)30-19/h1-8,15,19H,9-13H2,(H,24,28)/t19-/m1/s1. The van der Waals surface area contributed by atoms with Crippen molar-refractivity contribution >= 4 is 23.5 Å². The molecule has 1 atom stereocenters. The first kappa shape index (κ1) is 19.9. The number of nitrogens with one attached hydrogen (secondary N) is 1. The second kappa shape index (κ2) is 8.52. The monoisotopic (exact) mass is 412 g/mol. The summed E-state index contributed by atoms with van der Waals surface area (Å²) in [6.45, 7) is -0.340. The van der Waals surface area contributed by atoms with Gasteiger partial charge in [-0.15, -0.1) is 0 Å². The molecule has 1 saturated carbocycles. The molecule has 0 bridgehead atoms. The molecule has 1 heterocycles. The highest BCUT2D eigenvalue weighted by Gasteiger charge is 2.34. The molecule has 8 heteroatoms. The van der Waals surface area contributed by atoms with Crippen LogP contribution in [0.25, 0.3) is 0 Å². The molecule has 1 fully saturated rings. The first-order chi connectivity index (χ1) is 14.5. The van der Waals surface area contributed by atoms with Crippen molar-refractivity contribution in [2.24, 2.45) is 0 Å². The smallest absolute Gasteiger partial charge is 0.310 e. The fraction of sp³-hybridized carbons (Fsp3) is 0.318. The number of esters is 1. The molecule has 0 unspecified atom stereocenters. The van der Waals surface area contributed by atoms with E-state index >= 15 is 0 Å². The van der Waals surface area contributed by atoms with E-state index < -0.39 is 30.5 Å². The van der Waals surface area contributed by atoms with Crippen LogP contribution < -0.4 is 10.1 Å². The van der Waals surface area contributed by atoms with Gasteiger partial charge in [-0.05, 0) is 31.0 Å². The molecule has 1 N–H and O–H groups in total. The summed E-state index contributed by atoms with van der Waals surface area (Å²) in [6.07, 6.45) is 0.331. The van der Waals surface area contributed by atoms with E-state index in [1.54, 1.807) is 42.5 Å². The number of carbonyl (C=O) groups excluding carboxylic acids is 3. The third-order valence-corrected chi connectivity index (χ3v) is 5.02. The SMILES string of the molecule is O=C(C[C@H]1Oc2ccccc2NC1=O)OCC(=O)N(Cc1ccccc1F)C1CC1. The van der Waals surface area contributed by atoms with Crippen molar-refractivity contribution in [2.75, 3.05) is 11.9 Å². The van der Waals surface area contributed by atoms with E-state index in [9.17, 15) is 18.8 Å². The highest BCUT2D eigenvalue weighted by molar-refractivity contribution is 5.99. The number of ether oxygens (including phenoxy) is 2. The molecule has 2 aromatic carbocycles. The zero-order valence-electron chi connectivity index (χ0n) is 16.2. The number of nitrogens with zero attached hydrogens (tertiary/aromatic N) is 1. The van der Waals surface area contributed by atoms with Gasteiger partial charge in [0.05, 0.1) is 12.1 Å². The van der Waals surface area contributed by atoms with Crippen LogP contribution in [-0.4, -0.2) is 41.4 Å². The van der Waals surface area contributed by atoms with Crippen LogP contribution >= 0.6 is 0 Å². The average molecular weight is 412 g/mol. The maximum Gasteiger partial charge on any atom is 0.310 e. The summed E-state index contributed by atoms with van der Waals surface area (Å²) >= 11 is 0. The van der Waals surface area contributed by atoms with Gasteiger partial charge < -0.3 is 19.7 Å². The molecule has 0 saturated heterocycles. The van der Waals surface area contributed by atoms with Gasteiger partial charge in [0.2, 0.25) is 0 Å². The predicted molar refractivity (Wildman–Crippen MR) is 105 cm³/mol. The maximum absolute atomic E-state index is 13.9. The van der Waals surface area contributed by atoms with Gasteiger partial charge in [0.1, 0.15) is 11.6 Å². The van der Waals surface area contributed by atoms with E-state index in [0.717, 1.165) is 12.8 Å². The number of carbonyl (C=O) groups is 3. The Balaban J connectivity index is 1.31. The molecule has 1 aliphatic carbocycles. The largest absolute Gasteiger partial charge is 0.478 e. The molecule has 7 nitrogen and oxygen atoms in total. The van der Waals surface area contributed by atoms with E-state index in [4.69, 9.17) is 9.47 Å². The Morgan fingerprint density at radius 3 is 2.63 bits per heavy atom. The van der Waals surface area contributed by atoms with Crippen molar-refractivity contribution in [1.29, 1.82) is 0 Å². The lowest BCUT2D eigenvalue weighted by molar-refractivity contribution is -0.154. The van der Waals surface area contributed by atoms with Gasteiger partial charge in [-0.1, -0.05) is 30.3 Å². The van der Waals surface area contributed by atoms with Gasteiger partial charge in [-0.3, -0.25) is 14.4 Å². The topological polar surface area (TPSA) is 84.9 Å². The second-order valence-corrected chi connectivity index (χ2v) is 7.30. The van der Waals surface area contributed by atoms with Crippen molar-refractivity contribution < 1.29 is 28.2 Å². The molecule has 0 spiro atoms. The lowest BCUT2D eigenvalue weighted by Gasteiger charge is -2.25. The predicted octanol–water partition coefficient (Wildman–Crippen LogP) is 2.65. The van der Waals surface area contributed by atoms with Crippen molar-refractivity contribution in [2.45, 2.75) is 38.0 Å². The van der Waals surface area contributed by atoms with Crippen LogP contribution in [0, 0.1) is 5.82 Å². The van der Waals surface area contributed by atoms with Gasteiger partial charge in [0, 0.05) is 18.2 Å². The Hall–Kier alpha value is -3.42. The Labute approximate surface area is 172 Å². The molecule has 156 valence electrons. The molecular formula is C22H21FN2O5. The summed E-state index contributed by atoms with van der Waals surface area (Å²) in [5.41, 5.74) is 0.950. The lowest BCUT2D eigenvalue weighted by Crippen LogP contribution is -2.40. The molecule has 30 heavy (non-hydrogen) atoms. The summed E-state index contributed by atoms with van der Waals surface area (Å²) in [5.74, 6) is -1.47. The van der Waals surface area contributed by atoms with Gasteiger partial charge in [0.15, 0.2) is 12.7 Å². The lowest BCUT2D eigenvalue weighted by atomic mass is 10.1. The normalized spacial score (nSPS) is 17.4. The molecular weight excluding hydrogens is 391 g/mol. The van der Waals surface area contributed by atoms with Gasteiger partial charge >= 0.3 is 5.97 Å².